The predicted molar refractivity (Wildman–Crippen MR) is 203 cm³/mol. The Hall–Kier alpha value is -7.38. The molecule has 64 heavy (non-hydrogen) atoms. The zero-order chi connectivity index (χ0) is 47.2. The number of fused-ring (bicyclic) bond motifs is 1. The van der Waals surface area contributed by atoms with E-state index in [9.17, 15) is 53.4 Å². The SMILES string of the molecule is COC(=O)[C@H]1O[C@@H](Oc2ccc(C(=O)Nc3ccc4nc(C(=O)O)cn4c3)c(O[C@@H]3O[C@H](C(=O)OC)[C@@H](OC(C)=O)[C@H](OC(C)=O)[C@H]3O)c2)[C@H](OC(C)=O)[C@@H](OC(C)=O)[C@@H]1OC(C)=O. The molecular formula is C39H41N3O22. The summed E-state index contributed by atoms with van der Waals surface area (Å²) < 4.78 is 61.1. The lowest BCUT2D eigenvalue weighted by Crippen LogP contribution is -2.64. The van der Waals surface area contributed by atoms with Crippen molar-refractivity contribution in [2.24, 2.45) is 0 Å². The van der Waals surface area contributed by atoms with Crippen LogP contribution >= 0.6 is 0 Å². The van der Waals surface area contributed by atoms with Crippen molar-refractivity contribution in [2.45, 2.75) is 96.0 Å². The van der Waals surface area contributed by atoms with Crippen LogP contribution in [0, 0.1) is 0 Å². The number of ether oxygens (including phenoxy) is 11. The minimum atomic E-state index is -2.07. The number of carbonyl (C=O) groups excluding carboxylic acids is 8. The molecule has 25 nitrogen and oxygen atoms in total. The predicted octanol–water partition coefficient (Wildman–Crippen LogP) is -0.142. The first-order valence-electron chi connectivity index (χ1n) is 18.7. The highest BCUT2D eigenvalue weighted by molar-refractivity contribution is 6.06. The van der Waals surface area contributed by atoms with Gasteiger partial charge in [-0.15, -0.1) is 0 Å². The Morgan fingerprint density at radius 2 is 1.16 bits per heavy atom. The van der Waals surface area contributed by atoms with Gasteiger partial charge in [-0.1, -0.05) is 0 Å². The summed E-state index contributed by atoms with van der Waals surface area (Å²) in [6.45, 7) is 4.88. The molecular weight excluding hydrogens is 862 g/mol. The number of hydrogen-bond acceptors (Lipinski definition) is 22. The maximum absolute atomic E-state index is 14.0. The number of benzene rings is 1. The molecule has 344 valence electrons. The first-order valence-corrected chi connectivity index (χ1v) is 18.7. The van der Waals surface area contributed by atoms with Crippen LogP contribution in [-0.4, -0.2) is 149 Å². The van der Waals surface area contributed by atoms with Gasteiger partial charge in [-0.25, -0.2) is 19.4 Å². The summed E-state index contributed by atoms with van der Waals surface area (Å²) in [4.78, 5) is 117. The molecule has 0 saturated carbocycles. The van der Waals surface area contributed by atoms with E-state index in [4.69, 9.17) is 52.1 Å². The van der Waals surface area contributed by atoms with Crippen molar-refractivity contribution in [3.63, 3.8) is 0 Å². The highest BCUT2D eigenvalue weighted by Crippen LogP contribution is 2.36. The van der Waals surface area contributed by atoms with Crippen LogP contribution in [0.4, 0.5) is 5.69 Å². The van der Waals surface area contributed by atoms with Crippen molar-refractivity contribution in [1.29, 1.82) is 0 Å². The molecule has 0 unspecified atom stereocenters. The maximum Gasteiger partial charge on any atom is 0.356 e. The highest BCUT2D eigenvalue weighted by Gasteiger charge is 2.56. The molecule has 1 aromatic carbocycles. The van der Waals surface area contributed by atoms with E-state index in [1.807, 2.05) is 0 Å². The second-order valence-electron chi connectivity index (χ2n) is 13.7. The minimum absolute atomic E-state index is 0.101. The van der Waals surface area contributed by atoms with Gasteiger partial charge in [0.25, 0.3) is 5.91 Å². The van der Waals surface area contributed by atoms with Crippen molar-refractivity contribution in [1.82, 2.24) is 9.38 Å². The van der Waals surface area contributed by atoms with Crippen LogP contribution in [0.25, 0.3) is 5.65 Å². The Kier molecular flexibility index (Phi) is 15.0. The number of hydrogen-bond donors (Lipinski definition) is 3. The Bertz CT molecular complexity index is 2330. The third-order valence-corrected chi connectivity index (χ3v) is 9.01. The summed E-state index contributed by atoms with van der Waals surface area (Å²) in [5, 5.41) is 23.5. The van der Waals surface area contributed by atoms with Gasteiger partial charge >= 0.3 is 47.8 Å². The van der Waals surface area contributed by atoms with E-state index < -0.39 is 121 Å². The number of amides is 1. The van der Waals surface area contributed by atoms with Crippen molar-refractivity contribution < 1.29 is 105 Å². The molecule has 1 amide bonds. The number of carboxylic acid groups (broad SMARTS) is 1. The largest absolute Gasteiger partial charge is 0.476 e. The Morgan fingerprint density at radius 3 is 1.70 bits per heavy atom. The molecule has 10 atom stereocenters. The lowest BCUT2D eigenvalue weighted by atomic mass is 9.97. The van der Waals surface area contributed by atoms with E-state index in [1.165, 1.54) is 28.9 Å². The molecule has 4 heterocycles. The molecule has 0 aliphatic carbocycles. The fourth-order valence-corrected chi connectivity index (χ4v) is 6.54. The summed E-state index contributed by atoms with van der Waals surface area (Å²) in [6.07, 6.45) is -16.1. The normalized spacial score (nSPS) is 25.1. The fourth-order valence-electron chi connectivity index (χ4n) is 6.54. The molecule has 0 bridgehead atoms. The zero-order valence-electron chi connectivity index (χ0n) is 34.8. The molecule has 0 spiro atoms. The topological polar surface area (TPSA) is 325 Å². The summed E-state index contributed by atoms with van der Waals surface area (Å²) in [5.74, 6) is -10.2. The van der Waals surface area contributed by atoms with Crippen LogP contribution in [0.5, 0.6) is 11.5 Å². The summed E-state index contributed by atoms with van der Waals surface area (Å²) in [7, 11) is 1.94. The smallest absolute Gasteiger partial charge is 0.356 e. The van der Waals surface area contributed by atoms with Gasteiger partial charge in [0.2, 0.25) is 18.7 Å². The quantitative estimate of drug-likeness (QED) is 0.140. The maximum atomic E-state index is 14.0. The number of nitrogens with zero attached hydrogens (tertiary/aromatic N) is 2. The van der Waals surface area contributed by atoms with Gasteiger partial charge < -0.3 is 72.0 Å². The lowest BCUT2D eigenvalue weighted by Gasteiger charge is -2.43. The van der Waals surface area contributed by atoms with Crippen molar-refractivity contribution in [2.75, 3.05) is 19.5 Å². The average molecular weight is 904 g/mol. The Balaban J connectivity index is 1.60. The van der Waals surface area contributed by atoms with Crippen LogP contribution in [0.2, 0.25) is 0 Å². The number of nitrogens with one attached hydrogen (secondary N) is 1. The standard InChI is InChI=1S/C39H41N3O22/c1-15(43)56-27-26(48)38(63-31(36(52)54-6)28(27)57-16(2)44)62-24-12-21(9-10-22(24)34(49)40-20-8-11-25-41-23(35(50)51)14-42(25)13-20)61-39-33(60-19(5)47)30(59-18(4)46)29(58-17(3)45)32(64-39)37(53)55-7/h8-14,26-33,38-39,48H,1-7H3,(H,40,49)(H,50,51)/t26-,27-,28+,29+,30+,31+,32+,33-,38-,39-/m1/s1. The first-order chi connectivity index (χ1) is 30.2. The van der Waals surface area contributed by atoms with E-state index in [2.05, 4.69) is 10.3 Å². The van der Waals surface area contributed by atoms with E-state index in [-0.39, 0.29) is 28.3 Å². The molecule has 0 radical (unpaired) electrons. The van der Waals surface area contributed by atoms with Gasteiger partial charge in [0, 0.05) is 53.1 Å². The van der Waals surface area contributed by atoms with Gasteiger partial charge in [-0.2, -0.15) is 0 Å². The number of anilines is 1. The van der Waals surface area contributed by atoms with E-state index in [0.717, 1.165) is 67.0 Å². The summed E-state index contributed by atoms with van der Waals surface area (Å²) in [6, 6.07) is 6.09. The Labute approximate surface area is 360 Å². The second kappa shape index (κ2) is 20.2. The molecule has 5 rings (SSSR count). The number of rotatable bonds is 14. The summed E-state index contributed by atoms with van der Waals surface area (Å²) in [5.41, 5.74) is -0.321. The lowest BCUT2D eigenvalue weighted by molar-refractivity contribution is -0.282. The number of aliphatic hydroxyl groups is 1. The number of carboxylic acids is 1. The molecule has 2 fully saturated rings. The number of carbonyl (C=O) groups is 9. The number of methoxy groups -OCH3 is 2. The molecule has 2 saturated heterocycles. The van der Waals surface area contributed by atoms with Crippen LogP contribution in [-0.2, 0) is 76.2 Å². The van der Waals surface area contributed by atoms with Crippen molar-refractivity contribution in [3.05, 3.63) is 54.0 Å². The number of aliphatic hydroxyl groups excluding tert-OH is 1. The van der Waals surface area contributed by atoms with Gasteiger partial charge in [0.05, 0.1) is 25.5 Å². The zero-order valence-corrected chi connectivity index (χ0v) is 34.8. The van der Waals surface area contributed by atoms with Crippen LogP contribution in [0.1, 0.15) is 55.5 Å². The van der Waals surface area contributed by atoms with Crippen LogP contribution in [0.3, 0.4) is 0 Å². The number of pyridine rings is 1. The van der Waals surface area contributed by atoms with Crippen molar-refractivity contribution in [3.8, 4) is 11.5 Å². The molecule has 25 heteroatoms. The average Bonchev–Trinajstić information content (AvgIpc) is 3.65. The highest BCUT2D eigenvalue weighted by atomic mass is 16.7. The number of esters is 7. The minimum Gasteiger partial charge on any atom is -0.476 e. The second-order valence-corrected chi connectivity index (χ2v) is 13.7. The van der Waals surface area contributed by atoms with Gasteiger partial charge in [0.1, 0.15) is 17.1 Å². The monoisotopic (exact) mass is 903 g/mol. The number of aromatic carboxylic acids is 1. The molecule has 3 aromatic rings. The molecule has 3 N–H and O–H groups in total. The van der Waals surface area contributed by atoms with E-state index >= 15 is 0 Å². The Morgan fingerprint density at radius 1 is 0.641 bits per heavy atom. The van der Waals surface area contributed by atoms with E-state index in [1.54, 1.807) is 0 Å². The van der Waals surface area contributed by atoms with Crippen molar-refractivity contribution >= 4 is 65.0 Å². The van der Waals surface area contributed by atoms with Crippen LogP contribution in [0.15, 0.2) is 42.7 Å². The third-order valence-electron chi connectivity index (χ3n) is 9.01. The van der Waals surface area contributed by atoms with Gasteiger partial charge in [-0.3, -0.25) is 28.8 Å². The molecule has 2 aromatic heterocycles. The van der Waals surface area contributed by atoms with Crippen LogP contribution < -0.4 is 14.8 Å². The first kappa shape index (κ1) is 47.7. The van der Waals surface area contributed by atoms with Gasteiger partial charge in [-0.05, 0) is 24.3 Å². The molecule has 2 aliphatic rings. The summed E-state index contributed by atoms with van der Waals surface area (Å²) >= 11 is 0. The van der Waals surface area contributed by atoms with E-state index in [0.29, 0.717) is 0 Å². The number of imidazole rings is 1. The van der Waals surface area contributed by atoms with Gasteiger partial charge in [0.15, 0.2) is 48.4 Å². The third kappa shape index (κ3) is 11.2. The number of aromatic nitrogens is 2. The fraction of sp³-hybridized carbons (Fsp3) is 0.436. The molecule has 2 aliphatic heterocycles.